The van der Waals surface area contributed by atoms with Gasteiger partial charge in [-0.25, -0.2) is 4.98 Å². The van der Waals surface area contributed by atoms with Crippen LogP contribution in [-0.4, -0.2) is 33.6 Å². The molecule has 5 nitrogen and oxygen atoms in total. The van der Waals surface area contributed by atoms with Crippen LogP contribution in [0.3, 0.4) is 0 Å². The normalized spacial score (nSPS) is 21.6. The number of aryl methyl sites for hydroxylation is 1. The summed E-state index contributed by atoms with van der Waals surface area (Å²) in [7, 11) is 0. The Morgan fingerprint density at radius 2 is 2.20 bits per heavy atom. The lowest BCUT2D eigenvalue weighted by atomic mass is 9.82. The molecular weight excluding hydrogens is 254 g/mol. The molecular formula is C15H19N3O2. The molecule has 0 aliphatic heterocycles. The van der Waals surface area contributed by atoms with Crippen LogP contribution in [0.1, 0.15) is 25.1 Å². The Morgan fingerprint density at radius 3 is 2.95 bits per heavy atom. The van der Waals surface area contributed by atoms with Gasteiger partial charge < -0.3 is 15.4 Å². The van der Waals surface area contributed by atoms with Crippen molar-refractivity contribution in [3.8, 4) is 0 Å². The molecule has 1 amide bonds. The molecule has 1 aliphatic carbocycles. The Labute approximate surface area is 117 Å². The van der Waals surface area contributed by atoms with Crippen molar-refractivity contribution < 1.29 is 9.90 Å². The second-order valence-electron chi connectivity index (χ2n) is 5.50. The van der Waals surface area contributed by atoms with Crippen LogP contribution in [0.25, 0.3) is 11.0 Å². The van der Waals surface area contributed by atoms with Crippen molar-refractivity contribution in [1.82, 2.24) is 15.3 Å². The van der Waals surface area contributed by atoms with Gasteiger partial charge in [0.2, 0.25) is 5.91 Å². The molecule has 0 radical (unpaired) electrons. The molecule has 106 valence electrons. The fourth-order valence-corrected chi connectivity index (χ4v) is 2.57. The van der Waals surface area contributed by atoms with E-state index in [4.69, 9.17) is 0 Å². The summed E-state index contributed by atoms with van der Waals surface area (Å²) in [5.74, 6) is 1.34. The first-order valence-corrected chi connectivity index (χ1v) is 7.09. The van der Waals surface area contributed by atoms with Gasteiger partial charge in [0.15, 0.2) is 0 Å². The van der Waals surface area contributed by atoms with Gasteiger partial charge in [0.1, 0.15) is 5.82 Å². The maximum absolute atomic E-state index is 11.7. The molecule has 3 N–H and O–H groups in total. The second kappa shape index (κ2) is 5.63. The quantitative estimate of drug-likeness (QED) is 0.770. The van der Waals surface area contributed by atoms with Gasteiger partial charge >= 0.3 is 0 Å². The standard InChI is InChI=1S/C15H19N3O2/c19-11-7-10(8-11)9-16-15(20)6-5-14-17-12-3-1-2-4-13(12)18-14/h1-4,10-11,19H,5-9H2,(H,16,20)(H,17,18). The Kier molecular flexibility index (Phi) is 3.69. The summed E-state index contributed by atoms with van der Waals surface area (Å²) in [4.78, 5) is 19.4. The van der Waals surface area contributed by atoms with Gasteiger partial charge in [-0.1, -0.05) is 12.1 Å². The van der Waals surface area contributed by atoms with Crippen LogP contribution >= 0.6 is 0 Å². The van der Waals surface area contributed by atoms with Crippen molar-refractivity contribution in [2.75, 3.05) is 6.54 Å². The first kappa shape index (κ1) is 13.1. The van der Waals surface area contributed by atoms with E-state index in [9.17, 15) is 9.90 Å². The predicted molar refractivity (Wildman–Crippen MR) is 76.2 cm³/mol. The largest absolute Gasteiger partial charge is 0.393 e. The van der Waals surface area contributed by atoms with Gasteiger partial charge in [-0.3, -0.25) is 4.79 Å². The average Bonchev–Trinajstić information content (AvgIpc) is 2.83. The molecule has 3 rings (SSSR count). The lowest BCUT2D eigenvalue weighted by Crippen LogP contribution is -2.38. The van der Waals surface area contributed by atoms with Crippen molar-refractivity contribution in [1.29, 1.82) is 0 Å². The van der Waals surface area contributed by atoms with E-state index in [2.05, 4.69) is 15.3 Å². The minimum atomic E-state index is -0.160. The highest BCUT2D eigenvalue weighted by Crippen LogP contribution is 2.26. The van der Waals surface area contributed by atoms with Crippen molar-refractivity contribution in [3.05, 3.63) is 30.1 Å². The zero-order valence-electron chi connectivity index (χ0n) is 11.3. The van der Waals surface area contributed by atoms with E-state index in [0.717, 1.165) is 29.7 Å². The molecule has 1 saturated carbocycles. The summed E-state index contributed by atoms with van der Waals surface area (Å²) < 4.78 is 0. The third-order valence-electron chi connectivity index (χ3n) is 3.83. The summed E-state index contributed by atoms with van der Waals surface area (Å²) in [5, 5.41) is 12.1. The Bertz CT molecular complexity index is 569. The average molecular weight is 273 g/mol. The van der Waals surface area contributed by atoms with Gasteiger partial charge in [0.05, 0.1) is 17.1 Å². The minimum Gasteiger partial charge on any atom is -0.393 e. The molecule has 2 aromatic rings. The van der Waals surface area contributed by atoms with Crippen molar-refractivity contribution in [2.24, 2.45) is 5.92 Å². The summed E-state index contributed by atoms with van der Waals surface area (Å²) >= 11 is 0. The number of hydrogen-bond donors (Lipinski definition) is 3. The molecule has 1 aromatic carbocycles. The number of H-pyrrole nitrogens is 1. The lowest BCUT2D eigenvalue weighted by Gasteiger charge is -2.31. The molecule has 20 heavy (non-hydrogen) atoms. The fourth-order valence-electron chi connectivity index (χ4n) is 2.57. The van der Waals surface area contributed by atoms with Gasteiger partial charge in [-0.05, 0) is 30.9 Å². The van der Waals surface area contributed by atoms with E-state index < -0.39 is 0 Å². The number of aromatic amines is 1. The Morgan fingerprint density at radius 1 is 1.40 bits per heavy atom. The molecule has 1 heterocycles. The second-order valence-corrected chi connectivity index (χ2v) is 5.50. The minimum absolute atomic E-state index is 0.0480. The van der Waals surface area contributed by atoms with Crippen LogP contribution in [-0.2, 0) is 11.2 Å². The van der Waals surface area contributed by atoms with Crippen LogP contribution in [0.15, 0.2) is 24.3 Å². The number of imidazole rings is 1. The maximum Gasteiger partial charge on any atom is 0.220 e. The summed E-state index contributed by atoms with van der Waals surface area (Å²) in [6.45, 7) is 0.677. The smallest absolute Gasteiger partial charge is 0.220 e. The van der Waals surface area contributed by atoms with Gasteiger partial charge in [-0.15, -0.1) is 0 Å². The summed E-state index contributed by atoms with van der Waals surface area (Å²) in [5.41, 5.74) is 1.94. The highest BCUT2D eigenvalue weighted by molar-refractivity contribution is 5.77. The topological polar surface area (TPSA) is 78.0 Å². The summed E-state index contributed by atoms with van der Waals surface area (Å²) in [6.07, 6.45) is 2.52. The van der Waals surface area contributed by atoms with Crippen LogP contribution in [0, 0.1) is 5.92 Å². The predicted octanol–water partition coefficient (Wildman–Crippen LogP) is 1.38. The number of nitrogens with one attached hydrogen (secondary N) is 2. The van der Waals surface area contributed by atoms with E-state index in [1.165, 1.54) is 0 Å². The third-order valence-corrected chi connectivity index (χ3v) is 3.83. The van der Waals surface area contributed by atoms with Gasteiger partial charge in [0, 0.05) is 19.4 Å². The Hall–Kier alpha value is -1.88. The van der Waals surface area contributed by atoms with E-state index in [1.54, 1.807) is 0 Å². The Balaban J connectivity index is 1.45. The molecule has 5 heteroatoms. The zero-order valence-corrected chi connectivity index (χ0v) is 11.3. The molecule has 0 atom stereocenters. The van der Waals surface area contributed by atoms with Crippen molar-refractivity contribution in [3.63, 3.8) is 0 Å². The van der Waals surface area contributed by atoms with E-state index in [-0.39, 0.29) is 12.0 Å². The molecule has 1 aliphatic rings. The number of carbonyl (C=O) groups is 1. The molecule has 0 saturated heterocycles. The van der Waals surface area contributed by atoms with Crippen LogP contribution in [0.2, 0.25) is 0 Å². The van der Waals surface area contributed by atoms with Gasteiger partial charge in [-0.2, -0.15) is 0 Å². The van der Waals surface area contributed by atoms with E-state index >= 15 is 0 Å². The molecule has 1 aromatic heterocycles. The fraction of sp³-hybridized carbons (Fsp3) is 0.467. The van der Waals surface area contributed by atoms with Crippen molar-refractivity contribution in [2.45, 2.75) is 31.8 Å². The number of rotatable bonds is 5. The number of aliphatic hydroxyl groups excluding tert-OH is 1. The number of benzene rings is 1. The number of amides is 1. The highest BCUT2D eigenvalue weighted by Gasteiger charge is 2.27. The van der Waals surface area contributed by atoms with E-state index in [1.807, 2.05) is 24.3 Å². The number of aliphatic hydroxyl groups is 1. The molecule has 1 fully saturated rings. The first-order chi connectivity index (χ1) is 9.70. The number of fused-ring (bicyclic) bond motifs is 1. The molecule has 0 spiro atoms. The highest BCUT2D eigenvalue weighted by atomic mass is 16.3. The van der Waals surface area contributed by atoms with Crippen molar-refractivity contribution >= 4 is 16.9 Å². The zero-order chi connectivity index (χ0) is 13.9. The first-order valence-electron chi connectivity index (χ1n) is 7.09. The number of hydrogen-bond acceptors (Lipinski definition) is 3. The number of para-hydroxylation sites is 2. The van der Waals surface area contributed by atoms with Crippen LogP contribution in [0.5, 0.6) is 0 Å². The monoisotopic (exact) mass is 273 g/mol. The van der Waals surface area contributed by atoms with E-state index in [0.29, 0.717) is 25.3 Å². The SMILES string of the molecule is O=C(CCc1nc2ccccc2[nH]1)NCC1CC(O)C1. The third kappa shape index (κ3) is 2.99. The molecule has 0 unspecified atom stereocenters. The maximum atomic E-state index is 11.7. The lowest BCUT2D eigenvalue weighted by molar-refractivity contribution is -0.121. The van der Waals surface area contributed by atoms with Crippen LogP contribution < -0.4 is 5.32 Å². The van der Waals surface area contributed by atoms with Crippen LogP contribution in [0.4, 0.5) is 0 Å². The summed E-state index contributed by atoms with van der Waals surface area (Å²) in [6, 6.07) is 7.85. The van der Waals surface area contributed by atoms with Gasteiger partial charge in [0.25, 0.3) is 0 Å². The number of nitrogens with zero attached hydrogens (tertiary/aromatic N) is 1. The number of aromatic nitrogens is 2. The number of carbonyl (C=O) groups excluding carboxylic acids is 1. The molecule has 0 bridgehead atoms.